The number of aromatic nitrogens is 2. The van der Waals surface area contributed by atoms with Crippen LogP contribution in [0, 0.1) is 0 Å². The van der Waals surface area contributed by atoms with Crippen LogP contribution in [0.25, 0.3) is 11.3 Å². The van der Waals surface area contributed by atoms with Gasteiger partial charge >= 0.3 is 0 Å². The highest BCUT2D eigenvalue weighted by Crippen LogP contribution is 2.20. The summed E-state index contributed by atoms with van der Waals surface area (Å²) in [6.07, 6.45) is 4.93. The quantitative estimate of drug-likeness (QED) is 0.900. The Morgan fingerprint density at radius 2 is 2.17 bits per heavy atom. The molecule has 0 unspecified atom stereocenters. The lowest BCUT2D eigenvalue weighted by Crippen LogP contribution is -2.21. The Morgan fingerprint density at radius 1 is 1.39 bits per heavy atom. The molecular weight excluding hydrogens is 246 g/mol. The molecule has 0 saturated heterocycles. The number of amides is 1. The molecule has 4 nitrogen and oxygen atoms in total. The molecule has 0 bridgehead atoms. The second kappa shape index (κ2) is 6.26. The van der Waals surface area contributed by atoms with Gasteiger partial charge in [0.1, 0.15) is 5.01 Å². The average Bonchev–Trinajstić information content (AvgIpc) is 2.87. The Balaban J connectivity index is 1.97. The van der Waals surface area contributed by atoms with Crippen LogP contribution in [0.5, 0.6) is 0 Å². The minimum absolute atomic E-state index is 0.0816. The predicted molar refractivity (Wildman–Crippen MR) is 72.1 cm³/mol. The molecule has 1 N–H and O–H groups in total. The third-order valence-electron chi connectivity index (χ3n) is 2.44. The third kappa shape index (κ3) is 3.37. The molecule has 0 spiro atoms. The van der Waals surface area contributed by atoms with E-state index in [0.29, 0.717) is 13.0 Å². The summed E-state index contributed by atoms with van der Waals surface area (Å²) in [7, 11) is 0. The zero-order valence-electron chi connectivity index (χ0n) is 10.2. The summed E-state index contributed by atoms with van der Waals surface area (Å²) < 4.78 is 0. The van der Waals surface area contributed by atoms with E-state index in [1.54, 1.807) is 23.7 Å². The van der Waals surface area contributed by atoms with Crippen molar-refractivity contribution in [3.8, 4) is 11.3 Å². The van der Waals surface area contributed by atoms with Crippen LogP contribution in [0.1, 0.15) is 24.8 Å². The van der Waals surface area contributed by atoms with Crippen molar-refractivity contribution in [3.05, 3.63) is 34.9 Å². The first-order valence-corrected chi connectivity index (χ1v) is 6.79. The van der Waals surface area contributed by atoms with E-state index in [4.69, 9.17) is 0 Å². The second-order valence-corrected chi connectivity index (χ2v) is 4.83. The maximum Gasteiger partial charge on any atom is 0.220 e. The molecule has 0 aromatic carbocycles. The molecular formula is C13H15N3OS. The Kier molecular flexibility index (Phi) is 4.41. The standard InChI is InChI=1S/C13H15N3OS/c1-2-3-12(17)15-8-13-16-11(9-18-13)10-4-6-14-7-5-10/h4-7,9H,2-3,8H2,1H3,(H,15,17). The van der Waals surface area contributed by atoms with Crippen LogP contribution < -0.4 is 5.32 Å². The van der Waals surface area contributed by atoms with Gasteiger partial charge in [0.05, 0.1) is 12.2 Å². The smallest absolute Gasteiger partial charge is 0.220 e. The maximum atomic E-state index is 11.4. The van der Waals surface area contributed by atoms with Gasteiger partial charge in [-0.25, -0.2) is 4.98 Å². The van der Waals surface area contributed by atoms with Crippen LogP contribution in [0.15, 0.2) is 29.9 Å². The molecule has 0 fully saturated rings. The largest absolute Gasteiger partial charge is 0.350 e. The van der Waals surface area contributed by atoms with E-state index in [-0.39, 0.29) is 5.91 Å². The van der Waals surface area contributed by atoms with E-state index in [1.165, 1.54) is 0 Å². The number of thiazole rings is 1. The summed E-state index contributed by atoms with van der Waals surface area (Å²) in [5.41, 5.74) is 1.98. The van der Waals surface area contributed by atoms with E-state index < -0.39 is 0 Å². The van der Waals surface area contributed by atoms with E-state index in [9.17, 15) is 4.79 Å². The van der Waals surface area contributed by atoms with Crippen molar-refractivity contribution in [2.45, 2.75) is 26.3 Å². The number of carbonyl (C=O) groups is 1. The number of hydrogen-bond donors (Lipinski definition) is 1. The fourth-order valence-electron chi connectivity index (χ4n) is 1.54. The van der Waals surface area contributed by atoms with E-state index in [1.807, 2.05) is 24.4 Å². The molecule has 1 amide bonds. The molecule has 2 aromatic heterocycles. The summed E-state index contributed by atoms with van der Waals surface area (Å²) in [6.45, 7) is 2.50. The average molecular weight is 261 g/mol. The van der Waals surface area contributed by atoms with Crippen LogP contribution in [0.3, 0.4) is 0 Å². The number of rotatable bonds is 5. The number of nitrogens with one attached hydrogen (secondary N) is 1. The monoisotopic (exact) mass is 261 g/mol. The zero-order chi connectivity index (χ0) is 12.8. The molecule has 0 aliphatic carbocycles. The first kappa shape index (κ1) is 12.7. The maximum absolute atomic E-state index is 11.4. The van der Waals surface area contributed by atoms with Crippen LogP contribution in [0.4, 0.5) is 0 Å². The molecule has 0 aliphatic rings. The van der Waals surface area contributed by atoms with Crippen LogP contribution in [0.2, 0.25) is 0 Å². The predicted octanol–water partition coefficient (Wildman–Crippen LogP) is 2.62. The van der Waals surface area contributed by atoms with Gasteiger partial charge in [0.25, 0.3) is 0 Å². The summed E-state index contributed by atoms with van der Waals surface area (Å²) in [4.78, 5) is 19.8. The van der Waals surface area contributed by atoms with Crippen LogP contribution in [-0.4, -0.2) is 15.9 Å². The molecule has 2 rings (SSSR count). The van der Waals surface area contributed by atoms with Crippen molar-refractivity contribution in [1.29, 1.82) is 0 Å². The summed E-state index contributed by atoms with van der Waals surface area (Å²) in [6, 6.07) is 3.85. The number of carbonyl (C=O) groups excluding carboxylic acids is 1. The lowest BCUT2D eigenvalue weighted by Gasteiger charge is -2.00. The van der Waals surface area contributed by atoms with Crippen LogP contribution in [-0.2, 0) is 11.3 Å². The van der Waals surface area contributed by atoms with Crippen LogP contribution >= 0.6 is 11.3 Å². The Hall–Kier alpha value is -1.75. The molecule has 94 valence electrons. The number of hydrogen-bond acceptors (Lipinski definition) is 4. The fraction of sp³-hybridized carbons (Fsp3) is 0.308. The molecule has 2 heterocycles. The Morgan fingerprint density at radius 3 is 2.89 bits per heavy atom. The zero-order valence-corrected chi connectivity index (χ0v) is 11.0. The van der Waals surface area contributed by atoms with Crippen molar-refractivity contribution >= 4 is 17.2 Å². The normalized spacial score (nSPS) is 10.3. The van der Waals surface area contributed by atoms with Gasteiger partial charge in [0, 0.05) is 29.8 Å². The van der Waals surface area contributed by atoms with Gasteiger partial charge in [0.15, 0.2) is 0 Å². The Bertz CT molecular complexity index is 510. The second-order valence-electron chi connectivity index (χ2n) is 3.89. The molecule has 18 heavy (non-hydrogen) atoms. The van der Waals surface area contributed by atoms with Gasteiger partial charge in [-0.05, 0) is 18.6 Å². The summed E-state index contributed by atoms with van der Waals surface area (Å²) in [5, 5.41) is 5.78. The Labute approximate surface area is 110 Å². The van der Waals surface area contributed by atoms with Crippen molar-refractivity contribution < 1.29 is 4.79 Å². The molecule has 0 radical (unpaired) electrons. The summed E-state index contributed by atoms with van der Waals surface area (Å²) in [5.74, 6) is 0.0816. The number of nitrogens with zero attached hydrogens (tertiary/aromatic N) is 2. The SMILES string of the molecule is CCCC(=O)NCc1nc(-c2ccncc2)cs1. The topological polar surface area (TPSA) is 54.9 Å². The van der Waals surface area contributed by atoms with E-state index in [0.717, 1.165) is 22.7 Å². The lowest BCUT2D eigenvalue weighted by atomic mass is 10.2. The van der Waals surface area contributed by atoms with E-state index in [2.05, 4.69) is 15.3 Å². The third-order valence-corrected chi connectivity index (χ3v) is 3.29. The molecule has 5 heteroatoms. The van der Waals surface area contributed by atoms with Crippen molar-refractivity contribution in [1.82, 2.24) is 15.3 Å². The number of pyridine rings is 1. The van der Waals surface area contributed by atoms with Crippen molar-refractivity contribution in [3.63, 3.8) is 0 Å². The fourth-order valence-corrected chi connectivity index (χ4v) is 2.28. The lowest BCUT2D eigenvalue weighted by molar-refractivity contribution is -0.121. The molecule has 2 aromatic rings. The highest BCUT2D eigenvalue weighted by Gasteiger charge is 2.05. The van der Waals surface area contributed by atoms with Crippen molar-refractivity contribution in [2.75, 3.05) is 0 Å². The van der Waals surface area contributed by atoms with Gasteiger partial charge in [-0.1, -0.05) is 6.92 Å². The van der Waals surface area contributed by atoms with E-state index >= 15 is 0 Å². The molecule has 0 atom stereocenters. The minimum atomic E-state index is 0.0816. The summed E-state index contributed by atoms with van der Waals surface area (Å²) >= 11 is 1.56. The van der Waals surface area contributed by atoms with Gasteiger partial charge < -0.3 is 5.32 Å². The van der Waals surface area contributed by atoms with Gasteiger partial charge in [-0.15, -0.1) is 11.3 Å². The first-order valence-electron chi connectivity index (χ1n) is 5.91. The highest BCUT2D eigenvalue weighted by molar-refractivity contribution is 7.09. The molecule has 0 aliphatic heterocycles. The highest BCUT2D eigenvalue weighted by atomic mass is 32.1. The first-order chi connectivity index (χ1) is 8.79. The minimum Gasteiger partial charge on any atom is -0.350 e. The van der Waals surface area contributed by atoms with Gasteiger partial charge in [-0.3, -0.25) is 9.78 Å². The van der Waals surface area contributed by atoms with Gasteiger partial charge in [-0.2, -0.15) is 0 Å². The van der Waals surface area contributed by atoms with Gasteiger partial charge in [0.2, 0.25) is 5.91 Å². The van der Waals surface area contributed by atoms with Crippen molar-refractivity contribution in [2.24, 2.45) is 0 Å². The molecule has 0 saturated carbocycles.